The van der Waals surface area contributed by atoms with E-state index in [0.29, 0.717) is 28.9 Å². The van der Waals surface area contributed by atoms with Crippen molar-refractivity contribution < 1.29 is 27.8 Å². The molecule has 25 heavy (non-hydrogen) atoms. The van der Waals surface area contributed by atoms with Gasteiger partial charge in [-0.3, -0.25) is 4.79 Å². The molecule has 2 rings (SSSR count). The molecule has 1 amide bonds. The summed E-state index contributed by atoms with van der Waals surface area (Å²) in [5.41, 5.74) is 0.449. The fraction of sp³-hybridized carbons (Fsp3) is 0.167. The average molecular weight is 349 g/mol. The Bertz CT molecular complexity index is 806. The van der Waals surface area contributed by atoms with Crippen LogP contribution >= 0.6 is 0 Å². The molecule has 0 bridgehead atoms. The van der Waals surface area contributed by atoms with Gasteiger partial charge in [0.05, 0.1) is 27.0 Å². The van der Waals surface area contributed by atoms with E-state index >= 15 is 0 Å². The summed E-state index contributed by atoms with van der Waals surface area (Å²) >= 11 is 0. The van der Waals surface area contributed by atoms with E-state index in [4.69, 9.17) is 14.2 Å². The zero-order valence-corrected chi connectivity index (χ0v) is 13.9. The molecule has 0 aliphatic rings. The number of benzene rings is 2. The molecule has 5 nitrogen and oxygen atoms in total. The molecule has 7 heteroatoms. The number of nitrogens with one attached hydrogen (secondary N) is 1. The summed E-state index contributed by atoms with van der Waals surface area (Å²) in [7, 11) is 4.46. The van der Waals surface area contributed by atoms with Gasteiger partial charge in [0.25, 0.3) is 0 Å². The van der Waals surface area contributed by atoms with E-state index < -0.39 is 17.5 Å². The zero-order chi connectivity index (χ0) is 18.4. The standard InChI is InChI=1S/C18H17F2NO4/c1-23-15-10-17(25-3)16(24-2)8-11(15)4-7-18(22)21-14-6-5-12(19)9-13(14)20/h4-10H,1-3H3,(H,21,22)/b7-4+. The van der Waals surface area contributed by atoms with E-state index in [1.54, 1.807) is 12.1 Å². The molecule has 1 N–H and O–H groups in total. The van der Waals surface area contributed by atoms with Crippen LogP contribution in [0, 0.1) is 11.6 Å². The molecule has 0 radical (unpaired) electrons. The van der Waals surface area contributed by atoms with Crippen LogP contribution in [0.25, 0.3) is 6.08 Å². The molecule has 0 fully saturated rings. The minimum Gasteiger partial charge on any atom is -0.496 e. The number of hydrogen-bond donors (Lipinski definition) is 1. The summed E-state index contributed by atoms with van der Waals surface area (Å²) in [4.78, 5) is 11.9. The summed E-state index contributed by atoms with van der Waals surface area (Å²) in [5, 5.41) is 2.33. The van der Waals surface area contributed by atoms with Crippen LogP contribution in [0.4, 0.5) is 14.5 Å². The van der Waals surface area contributed by atoms with Gasteiger partial charge in [0.2, 0.25) is 5.91 Å². The van der Waals surface area contributed by atoms with Crippen molar-refractivity contribution in [2.24, 2.45) is 0 Å². The van der Waals surface area contributed by atoms with Crippen LogP contribution in [0.2, 0.25) is 0 Å². The predicted octanol–water partition coefficient (Wildman–Crippen LogP) is 3.64. The number of carbonyl (C=O) groups excluding carboxylic acids is 1. The lowest BCUT2D eigenvalue weighted by Gasteiger charge is -2.12. The summed E-state index contributed by atoms with van der Waals surface area (Å²) in [5.74, 6) is -0.745. The largest absolute Gasteiger partial charge is 0.496 e. The SMILES string of the molecule is COc1cc(OC)c(OC)cc1/C=C/C(=O)Nc1ccc(F)cc1F. The molecule has 132 valence electrons. The van der Waals surface area contributed by atoms with Gasteiger partial charge >= 0.3 is 0 Å². The van der Waals surface area contributed by atoms with Crippen LogP contribution in [-0.2, 0) is 4.79 Å². The van der Waals surface area contributed by atoms with Gasteiger partial charge in [-0.15, -0.1) is 0 Å². The van der Waals surface area contributed by atoms with E-state index in [1.165, 1.54) is 33.5 Å². The maximum Gasteiger partial charge on any atom is 0.248 e. The molecule has 0 aromatic heterocycles. The molecule has 0 aliphatic heterocycles. The molecular weight excluding hydrogens is 332 g/mol. The van der Waals surface area contributed by atoms with Gasteiger partial charge in [0.15, 0.2) is 11.5 Å². The second kappa shape index (κ2) is 8.14. The highest BCUT2D eigenvalue weighted by Crippen LogP contribution is 2.35. The highest BCUT2D eigenvalue weighted by atomic mass is 19.1. The van der Waals surface area contributed by atoms with Gasteiger partial charge in [0, 0.05) is 23.8 Å². The number of amides is 1. The number of hydrogen-bond acceptors (Lipinski definition) is 4. The fourth-order valence-electron chi connectivity index (χ4n) is 2.11. The fourth-order valence-corrected chi connectivity index (χ4v) is 2.11. The third-order valence-electron chi connectivity index (χ3n) is 3.34. The quantitative estimate of drug-likeness (QED) is 0.809. The predicted molar refractivity (Wildman–Crippen MR) is 90.1 cm³/mol. The molecule has 0 spiro atoms. The van der Waals surface area contributed by atoms with E-state index in [-0.39, 0.29) is 5.69 Å². The molecule has 2 aromatic rings. The van der Waals surface area contributed by atoms with Crippen molar-refractivity contribution in [3.8, 4) is 17.2 Å². The van der Waals surface area contributed by atoms with Crippen LogP contribution in [0.15, 0.2) is 36.4 Å². The lowest BCUT2D eigenvalue weighted by molar-refractivity contribution is -0.111. The van der Waals surface area contributed by atoms with E-state index in [9.17, 15) is 13.6 Å². The first-order valence-corrected chi connectivity index (χ1v) is 7.22. The average Bonchev–Trinajstić information content (AvgIpc) is 2.61. The highest BCUT2D eigenvalue weighted by Gasteiger charge is 2.11. The summed E-state index contributed by atoms with van der Waals surface area (Å²) in [6.07, 6.45) is 2.68. The first kappa shape index (κ1) is 18.3. The van der Waals surface area contributed by atoms with Crippen molar-refractivity contribution in [1.82, 2.24) is 0 Å². The van der Waals surface area contributed by atoms with Crippen molar-refractivity contribution in [2.75, 3.05) is 26.6 Å². The third-order valence-corrected chi connectivity index (χ3v) is 3.34. The number of rotatable bonds is 6. The molecular formula is C18H17F2NO4. The molecule has 2 aromatic carbocycles. The van der Waals surface area contributed by atoms with E-state index in [1.807, 2.05) is 0 Å². The van der Waals surface area contributed by atoms with E-state index in [2.05, 4.69) is 5.32 Å². The second-order valence-electron chi connectivity index (χ2n) is 4.90. The molecule has 0 heterocycles. The maximum atomic E-state index is 13.5. The van der Waals surface area contributed by atoms with Crippen LogP contribution in [-0.4, -0.2) is 27.2 Å². The Balaban J connectivity index is 2.21. The minimum absolute atomic E-state index is 0.115. The summed E-state index contributed by atoms with van der Waals surface area (Å²) in [6, 6.07) is 6.15. The molecule has 0 saturated carbocycles. The molecule has 0 atom stereocenters. The number of methoxy groups -OCH3 is 3. The Labute approximate surface area is 143 Å². The van der Waals surface area contributed by atoms with Crippen LogP contribution < -0.4 is 19.5 Å². The van der Waals surface area contributed by atoms with E-state index in [0.717, 1.165) is 12.1 Å². The Morgan fingerprint density at radius 3 is 2.20 bits per heavy atom. The van der Waals surface area contributed by atoms with Gasteiger partial charge in [-0.2, -0.15) is 0 Å². The summed E-state index contributed by atoms with van der Waals surface area (Å²) < 4.78 is 42.1. The number of ether oxygens (including phenoxy) is 3. The first-order valence-electron chi connectivity index (χ1n) is 7.22. The van der Waals surface area contributed by atoms with Crippen LogP contribution in [0.3, 0.4) is 0 Å². The van der Waals surface area contributed by atoms with Gasteiger partial charge in [0.1, 0.15) is 17.4 Å². The van der Waals surface area contributed by atoms with Crippen molar-refractivity contribution >= 4 is 17.7 Å². The van der Waals surface area contributed by atoms with Gasteiger partial charge in [-0.1, -0.05) is 0 Å². The van der Waals surface area contributed by atoms with Crippen molar-refractivity contribution in [3.63, 3.8) is 0 Å². The van der Waals surface area contributed by atoms with Crippen LogP contribution in [0.1, 0.15) is 5.56 Å². The van der Waals surface area contributed by atoms with Crippen molar-refractivity contribution in [3.05, 3.63) is 53.6 Å². The second-order valence-corrected chi connectivity index (χ2v) is 4.90. The Morgan fingerprint density at radius 1 is 0.960 bits per heavy atom. The zero-order valence-electron chi connectivity index (χ0n) is 13.9. The number of halogens is 2. The molecule has 0 aliphatic carbocycles. The first-order chi connectivity index (χ1) is 12.0. The lowest BCUT2D eigenvalue weighted by atomic mass is 10.1. The lowest BCUT2D eigenvalue weighted by Crippen LogP contribution is -2.09. The monoisotopic (exact) mass is 349 g/mol. The minimum atomic E-state index is -0.856. The topological polar surface area (TPSA) is 56.8 Å². The highest BCUT2D eigenvalue weighted by molar-refractivity contribution is 6.02. The Hall–Kier alpha value is -3.09. The Kier molecular flexibility index (Phi) is 5.94. The number of anilines is 1. The van der Waals surface area contributed by atoms with Gasteiger partial charge < -0.3 is 19.5 Å². The van der Waals surface area contributed by atoms with Crippen LogP contribution in [0.5, 0.6) is 17.2 Å². The van der Waals surface area contributed by atoms with Crippen molar-refractivity contribution in [2.45, 2.75) is 0 Å². The van der Waals surface area contributed by atoms with Crippen molar-refractivity contribution in [1.29, 1.82) is 0 Å². The van der Waals surface area contributed by atoms with Gasteiger partial charge in [-0.25, -0.2) is 8.78 Å². The number of carbonyl (C=O) groups is 1. The third kappa shape index (κ3) is 4.47. The molecule has 0 unspecified atom stereocenters. The summed E-state index contributed by atoms with van der Waals surface area (Å²) in [6.45, 7) is 0. The molecule has 0 saturated heterocycles. The Morgan fingerprint density at radius 2 is 1.60 bits per heavy atom. The maximum absolute atomic E-state index is 13.5. The normalized spacial score (nSPS) is 10.6. The smallest absolute Gasteiger partial charge is 0.248 e. The van der Waals surface area contributed by atoms with Gasteiger partial charge in [-0.05, 0) is 24.3 Å².